The van der Waals surface area contributed by atoms with Gasteiger partial charge in [0.05, 0.1) is 0 Å². The molecule has 5 heteroatoms. The minimum absolute atomic E-state index is 0.718. The number of nitrogen functional groups attached to an aromatic ring is 1. The maximum atomic E-state index is 5.93. The summed E-state index contributed by atoms with van der Waals surface area (Å²) in [5.41, 5.74) is 7.87. The van der Waals surface area contributed by atoms with Crippen molar-refractivity contribution in [2.45, 2.75) is 13.3 Å². The molecule has 15 heavy (non-hydrogen) atoms. The van der Waals surface area contributed by atoms with Gasteiger partial charge < -0.3 is 10.3 Å². The Morgan fingerprint density at radius 1 is 1.40 bits per heavy atom. The second kappa shape index (κ2) is 3.42. The number of anilines is 1. The number of hydrogen-bond donors (Lipinski definition) is 1. The second-order valence-electron chi connectivity index (χ2n) is 3.55. The predicted octanol–water partition coefficient (Wildman–Crippen LogP) is 0.965. The second-order valence-corrected chi connectivity index (χ2v) is 3.55. The average molecular weight is 205 g/mol. The highest BCUT2D eigenvalue weighted by Gasteiger charge is 2.16. The summed E-state index contributed by atoms with van der Waals surface area (Å²) in [6.45, 7) is 2.07. The standard InChI is InChI=1S/C10H15N5/c1-4-7-8(13-15(3)9(7)11)10-12-5-6-14(10)2/h5-6H,4,11H2,1-3H3. The monoisotopic (exact) mass is 205 g/mol. The van der Waals surface area contributed by atoms with E-state index in [-0.39, 0.29) is 0 Å². The molecule has 80 valence electrons. The topological polar surface area (TPSA) is 61.7 Å². The summed E-state index contributed by atoms with van der Waals surface area (Å²) in [6, 6.07) is 0. The van der Waals surface area contributed by atoms with Gasteiger partial charge in [0.25, 0.3) is 0 Å². The van der Waals surface area contributed by atoms with E-state index < -0.39 is 0 Å². The van der Waals surface area contributed by atoms with Crippen molar-refractivity contribution in [2.24, 2.45) is 14.1 Å². The third-order valence-electron chi connectivity index (χ3n) is 2.58. The van der Waals surface area contributed by atoms with Crippen LogP contribution in [0, 0.1) is 0 Å². The van der Waals surface area contributed by atoms with E-state index in [4.69, 9.17) is 5.73 Å². The average Bonchev–Trinajstić information content (AvgIpc) is 2.73. The fourth-order valence-corrected chi connectivity index (χ4v) is 1.70. The van der Waals surface area contributed by atoms with Gasteiger partial charge in [-0.25, -0.2) is 4.98 Å². The Balaban J connectivity index is 2.63. The maximum absolute atomic E-state index is 5.93. The summed E-state index contributed by atoms with van der Waals surface area (Å²) in [4.78, 5) is 4.28. The number of aromatic nitrogens is 4. The Morgan fingerprint density at radius 2 is 2.13 bits per heavy atom. The van der Waals surface area contributed by atoms with E-state index in [0.717, 1.165) is 29.3 Å². The summed E-state index contributed by atoms with van der Waals surface area (Å²) < 4.78 is 3.64. The summed E-state index contributed by atoms with van der Waals surface area (Å²) >= 11 is 0. The van der Waals surface area contributed by atoms with Gasteiger partial charge >= 0.3 is 0 Å². The first-order valence-corrected chi connectivity index (χ1v) is 4.94. The van der Waals surface area contributed by atoms with Crippen LogP contribution in [-0.4, -0.2) is 19.3 Å². The molecule has 0 aromatic carbocycles. The molecule has 0 aliphatic rings. The van der Waals surface area contributed by atoms with Gasteiger partial charge in [-0.2, -0.15) is 5.10 Å². The molecule has 0 bridgehead atoms. The van der Waals surface area contributed by atoms with E-state index in [0.29, 0.717) is 0 Å². The van der Waals surface area contributed by atoms with Gasteiger partial charge in [0.15, 0.2) is 5.82 Å². The molecule has 0 saturated carbocycles. The number of nitrogens with zero attached hydrogens (tertiary/aromatic N) is 4. The number of nitrogens with two attached hydrogens (primary N) is 1. The Labute approximate surface area is 88.5 Å². The van der Waals surface area contributed by atoms with Crippen molar-refractivity contribution in [3.05, 3.63) is 18.0 Å². The van der Waals surface area contributed by atoms with Crippen LogP contribution in [0.15, 0.2) is 12.4 Å². The van der Waals surface area contributed by atoms with Crippen molar-refractivity contribution in [2.75, 3.05) is 5.73 Å². The minimum Gasteiger partial charge on any atom is -0.384 e. The van der Waals surface area contributed by atoms with Crippen LogP contribution in [0.25, 0.3) is 11.5 Å². The van der Waals surface area contributed by atoms with Crippen molar-refractivity contribution in [3.63, 3.8) is 0 Å². The minimum atomic E-state index is 0.718. The molecular weight excluding hydrogens is 190 g/mol. The van der Waals surface area contributed by atoms with Gasteiger partial charge in [-0.3, -0.25) is 4.68 Å². The van der Waals surface area contributed by atoms with Crippen molar-refractivity contribution >= 4 is 5.82 Å². The molecule has 2 aromatic heterocycles. The summed E-state index contributed by atoms with van der Waals surface area (Å²) in [7, 11) is 3.80. The van der Waals surface area contributed by atoms with E-state index in [9.17, 15) is 0 Å². The summed E-state index contributed by atoms with van der Waals surface area (Å²) in [6.07, 6.45) is 4.53. The molecule has 0 unspecified atom stereocenters. The van der Waals surface area contributed by atoms with Crippen LogP contribution in [0.4, 0.5) is 5.82 Å². The van der Waals surface area contributed by atoms with Crippen LogP contribution in [0.3, 0.4) is 0 Å². The van der Waals surface area contributed by atoms with Gasteiger partial charge in [0.2, 0.25) is 0 Å². The van der Waals surface area contributed by atoms with Gasteiger partial charge in [-0.05, 0) is 6.42 Å². The lowest BCUT2D eigenvalue weighted by Crippen LogP contribution is -1.98. The van der Waals surface area contributed by atoms with Crippen LogP contribution in [0.1, 0.15) is 12.5 Å². The smallest absolute Gasteiger partial charge is 0.160 e. The number of hydrogen-bond acceptors (Lipinski definition) is 3. The third-order valence-corrected chi connectivity index (χ3v) is 2.58. The lowest BCUT2D eigenvalue weighted by atomic mass is 10.1. The predicted molar refractivity (Wildman–Crippen MR) is 59.2 cm³/mol. The first-order valence-electron chi connectivity index (χ1n) is 4.94. The maximum Gasteiger partial charge on any atom is 0.160 e. The van der Waals surface area contributed by atoms with Gasteiger partial charge in [0, 0.05) is 32.1 Å². The molecule has 0 aliphatic carbocycles. The number of imidazole rings is 1. The van der Waals surface area contributed by atoms with Crippen LogP contribution < -0.4 is 5.73 Å². The molecular formula is C10H15N5. The largest absolute Gasteiger partial charge is 0.384 e. The molecule has 0 fully saturated rings. The van der Waals surface area contributed by atoms with Crippen molar-refractivity contribution < 1.29 is 0 Å². The van der Waals surface area contributed by atoms with E-state index in [1.54, 1.807) is 10.9 Å². The van der Waals surface area contributed by atoms with E-state index in [1.807, 2.05) is 24.9 Å². The Kier molecular flexibility index (Phi) is 2.22. The SMILES string of the molecule is CCc1c(-c2nccn2C)nn(C)c1N. The Bertz CT molecular complexity index is 480. The zero-order valence-corrected chi connectivity index (χ0v) is 9.23. The first-order chi connectivity index (χ1) is 7.15. The molecule has 0 spiro atoms. The van der Waals surface area contributed by atoms with Crippen molar-refractivity contribution in [3.8, 4) is 11.5 Å². The van der Waals surface area contributed by atoms with E-state index >= 15 is 0 Å². The summed E-state index contributed by atoms with van der Waals surface area (Å²) in [5, 5.41) is 4.39. The normalized spacial score (nSPS) is 10.9. The van der Waals surface area contributed by atoms with E-state index in [1.165, 1.54) is 0 Å². The molecule has 2 heterocycles. The third kappa shape index (κ3) is 1.40. The van der Waals surface area contributed by atoms with Crippen LogP contribution in [0.5, 0.6) is 0 Å². The Morgan fingerprint density at radius 3 is 2.67 bits per heavy atom. The summed E-state index contributed by atoms with van der Waals surface area (Å²) in [5.74, 6) is 1.58. The molecule has 0 radical (unpaired) electrons. The highest BCUT2D eigenvalue weighted by Crippen LogP contribution is 2.25. The van der Waals surface area contributed by atoms with Crippen LogP contribution >= 0.6 is 0 Å². The quantitative estimate of drug-likeness (QED) is 0.794. The molecule has 2 aromatic rings. The molecule has 2 rings (SSSR count). The first kappa shape index (κ1) is 9.76. The van der Waals surface area contributed by atoms with E-state index in [2.05, 4.69) is 17.0 Å². The lowest BCUT2D eigenvalue weighted by molar-refractivity contribution is 0.776. The molecule has 0 atom stereocenters. The van der Waals surface area contributed by atoms with Crippen molar-refractivity contribution in [1.29, 1.82) is 0 Å². The lowest BCUT2D eigenvalue weighted by Gasteiger charge is -2.00. The van der Waals surface area contributed by atoms with Crippen LogP contribution in [-0.2, 0) is 20.5 Å². The fraction of sp³-hybridized carbons (Fsp3) is 0.400. The molecule has 0 aliphatic heterocycles. The molecule has 5 nitrogen and oxygen atoms in total. The highest BCUT2D eigenvalue weighted by atomic mass is 15.3. The highest BCUT2D eigenvalue weighted by molar-refractivity contribution is 5.63. The number of rotatable bonds is 2. The van der Waals surface area contributed by atoms with Crippen LogP contribution in [0.2, 0.25) is 0 Å². The van der Waals surface area contributed by atoms with Crippen molar-refractivity contribution in [1.82, 2.24) is 19.3 Å². The van der Waals surface area contributed by atoms with Gasteiger partial charge in [-0.15, -0.1) is 0 Å². The zero-order valence-electron chi connectivity index (χ0n) is 9.23. The number of aryl methyl sites for hydroxylation is 2. The molecule has 0 saturated heterocycles. The molecule has 2 N–H and O–H groups in total. The van der Waals surface area contributed by atoms with Gasteiger partial charge in [-0.1, -0.05) is 6.92 Å². The van der Waals surface area contributed by atoms with Gasteiger partial charge in [0.1, 0.15) is 11.5 Å². The Hall–Kier alpha value is -1.78. The molecule has 0 amide bonds. The zero-order chi connectivity index (χ0) is 11.0. The fourth-order valence-electron chi connectivity index (χ4n) is 1.70.